The maximum absolute atomic E-state index is 11.0. The van der Waals surface area contributed by atoms with E-state index in [4.69, 9.17) is 4.42 Å². The molecule has 1 N–H and O–H groups in total. The second kappa shape index (κ2) is 6.93. The minimum atomic E-state index is -0.463. The molecule has 130 valence electrons. The van der Waals surface area contributed by atoms with E-state index < -0.39 is 4.92 Å². The van der Waals surface area contributed by atoms with E-state index in [-0.39, 0.29) is 17.5 Å². The highest BCUT2D eigenvalue weighted by atomic mass is 32.2. The number of phenolic OH excluding ortho intramolecular Hbond substituents is 1. The normalized spacial score (nSPS) is 11.0. The first-order chi connectivity index (χ1) is 12.0. The summed E-state index contributed by atoms with van der Waals surface area (Å²) in [4.78, 5) is 14.5. The van der Waals surface area contributed by atoms with Crippen molar-refractivity contribution in [3.8, 4) is 17.2 Å². The number of aryl methyl sites for hydroxylation is 2. The fraction of sp³-hybridized carbons (Fsp3) is 0.267. The molecule has 0 aliphatic carbocycles. The number of rotatable bonds is 6. The summed E-state index contributed by atoms with van der Waals surface area (Å²) in [5, 5.41) is 29.1. The van der Waals surface area contributed by atoms with Crippen LogP contribution in [-0.4, -0.2) is 35.5 Å². The molecule has 0 spiro atoms. The van der Waals surface area contributed by atoms with E-state index in [2.05, 4.69) is 15.2 Å². The molecule has 9 nitrogen and oxygen atoms in total. The lowest BCUT2D eigenvalue weighted by Crippen LogP contribution is -2.06. The third kappa shape index (κ3) is 3.63. The summed E-state index contributed by atoms with van der Waals surface area (Å²) >= 11 is 1.28. The lowest BCUT2D eigenvalue weighted by Gasteiger charge is -2.01. The molecule has 25 heavy (non-hydrogen) atoms. The first-order valence-corrected chi connectivity index (χ1v) is 8.37. The largest absolute Gasteiger partial charge is 0.507 e. The molecule has 3 aromatic rings. The quantitative estimate of drug-likeness (QED) is 0.404. The molecular weight excluding hydrogens is 346 g/mol. The Hall–Kier alpha value is -2.88. The van der Waals surface area contributed by atoms with Gasteiger partial charge in [0.1, 0.15) is 18.5 Å². The van der Waals surface area contributed by atoms with E-state index in [1.165, 1.54) is 22.5 Å². The van der Waals surface area contributed by atoms with Crippen molar-refractivity contribution in [1.29, 1.82) is 0 Å². The van der Waals surface area contributed by atoms with Crippen LogP contribution in [0.3, 0.4) is 0 Å². The molecule has 0 fully saturated rings. The molecule has 1 aromatic carbocycles. The molecule has 0 unspecified atom stereocenters. The van der Waals surface area contributed by atoms with Gasteiger partial charge in [-0.3, -0.25) is 0 Å². The van der Waals surface area contributed by atoms with Gasteiger partial charge in [-0.1, -0.05) is 17.8 Å². The summed E-state index contributed by atoms with van der Waals surface area (Å²) in [5.41, 5.74) is 1.39. The Kier molecular flexibility index (Phi) is 4.70. The zero-order chi connectivity index (χ0) is 18.0. The maximum Gasteiger partial charge on any atom is 0.342 e. The summed E-state index contributed by atoms with van der Waals surface area (Å²) in [6.07, 6.45) is 1.24. The van der Waals surface area contributed by atoms with E-state index in [0.29, 0.717) is 28.9 Å². The van der Waals surface area contributed by atoms with Crippen molar-refractivity contribution in [3.05, 3.63) is 45.9 Å². The molecule has 0 aliphatic heterocycles. The Bertz CT molecular complexity index is 921. The molecule has 0 amide bonds. The number of imidazole rings is 1. The van der Waals surface area contributed by atoms with Crippen LogP contribution in [-0.2, 0) is 6.54 Å². The number of benzene rings is 1. The number of nitro groups is 1. The molecule has 0 atom stereocenters. The number of hydrogen-bond acceptors (Lipinski definition) is 8. The number of hydrogen-bond donors (Lipinski definition) is 1. The minimum Gasteiger partial charge on any atom is -0.507 e. The highest BCUT2D eigenvalue weighted by Gasteiger charge is 2.18. The summed E-state index contributed by atoms with van der Waals surface area (Å²) < 4.78 is 7.06. The molecule has 10 heteroatoms. The molecule has 0 saturated carbocycles. The maximum atomic E-state index is 11.0. The van der Waals surface area contributed by atoms with Crippen LogP contribution in [0.4, 0.5) is 5.82 Å². The molecule has 0 aliphatic rings. The number of nitrogens with zero attached hydrogens (tertiary/aromatic N) is 5. The average Bonchev–Trinajstić information content (AvgIpc) is 3.15. The van der Waals surface area contributed by atoms with Crippen LogP contribution < -0.4 is 0 Å². The van der Waals surface area contributed by atoms with Crippen molar-refractivity contribution in [2.45, 2.75) is 25.6 Å². The summed E-state index contributed by atoms with van der Waals surface area (Å²) in [6, 6.07) is 5.17. The van der Waals surface area contributed by atoms with Gasteiger partial charge in [-0.15, -0.1) is 10.2 Å². The Morgan fingerprint density at radius 3 is 2.88 bits per heavy atom. The Labute approximate surface area is 146 Å². The van der Waals surface area contributed by atoms with Gasteiger partial charge in [0.2, 0.25) is 0 Å². The lowest BCUT2D eigenvalue weighted by molar-refractivity contribution is -0.392. The van der Waals surface area contributed by atoms with E-state index >= 15 is 0 Å². The summed E-state index contributed by atoms with van der Waals surface area (Å²) in [7, 11) is 0. The van der Waals surface area contributed by atoms with Crippen molar-refractivity contribution >= 4 is 17.6 Å². The van der Waals surface area contributed by atoms with E-state index in [9.17, 15) is 15.2 Å². The minimum absolute atomic E-state index is 0.0473. The third-order valence-electron chi connectivity index (χ3n) is 3.55. The first kappa shape index (κ1) is 17.0. The SMILES string of the molecule is Cc1ccc(-c2nnc(SCCn3c([N+](=O)[O-])cnc3C)o2)c(O)c1. The van der Waals surface area contributed by atoms with Crippen molar-refractivity contribution in [2.75, 3.05) is 5.75 Å². The van der Waals surface area contributed by atoms with Gasteiger partial charge in [0.25, 0.3) is 11.1 Å². The lowest BCUT2D eigenvalue weighted by atomic mass is 10.1. The van der Waals surface area contributed by atoms with Gasteiger partial charge < -0.3 is 19.6 Å². The van der Waals surface area contributed by atoms with Crippen molar-refractivity contribution in [1.82, 2.24) is 19.7 Å². The van der Waals surface area contributed by atoms with E-state index in [1.807, 2.05) is 13.0 Å². The average molecular weight is 361 g/mol. The van der Waals surface area contributed by atoms with Crippen LogP contribution in [0.15, 0.2) is 34.0 Å². The van der Waals surface area contributed by atoms with Gasteiger partial charge in [0, 0.05) is 12.7 Å². The smallest absolute Gasteiger partial charge is 0.342 e. The van der Waals surface area contributed by atoms with Crippen LogP contribution in [0.5, 0.6) is 5.75 Å². The predicted molar refractivity (Wildman–Crippen MR) is 90.5 cm³/mol. The Morgan fingerprint density at radius 2 is 2.16 bits per heavy atom. The molecule has 0 bridgehead atoms. The highest BCUT2D eigenvalue weighted by Crippen LogP contribution is 2.30. The number of phenols is 1. The van der Waals surface area contributed by atoms with Crippen molar-refractivity contribution < 1.29 is 14.4 Å². The topological polar surface area (TPSA) is 120 Å². The van der Waals surface area contributed by atoms with Crippen LogP contribution >= 0.6 is 11.8 Å². The number of aromatic hydroxyl groups is 1. The van der Waals surface area contributed by atoms with Gasteiger partial charge in [0.15, 0.2) is 5.82 Å². The van der Waals surface area contributed by atoms with Gasteiger partial charge >= 0.3 is 5.82 Å². The van der Waals surface area contributed by atoms with Gasteiger partial charge in [-0.2, -0.15) is 0 Å². The summed E-state index contributed by atoms with van der Waals surface area (Å²) in [5.74, 6) is 1.33. The van der Waals surface area contributed by atoms with Gasteiger partial charge in [-0.25, -0.2) is 9.55 Å². The zero-order valence-electron chi connectivity index (χ0n) is 13.5. The Morgan fingerprint density at radius 1 is 1.36 bits per heavy atom. The molecule has 0 saturated heterocycles. The van der Waals surface area contributed by atoms with Crippen LogP contribution in [0.1, 0.15) is 11.4 Å². The molecule has 2 heterocycles. The second-order valence-corrected chi connectivity index (χ2v) is 6.36. The van der Waals surface area contributed by atoms with E-state index in [1.54, 1.807) is 19.1 Å². The standard InChI is InChI=1S/C15H15N5O4S/c1-9-3-4-11(12(21)7-9)14-17-18-15(24-14)25-6-5-19-10(2)16-8-13(19)20(22)23/h3-4,7-8,21H,5-6H2,1-2H3. The fourth-order valence-electron chi connectivity index (χ4n) is 2.30. The monoisotopic (exact) mass is 361 g/mol. The van der Waals surface area contributed by atoms with Crippen LogP contribution in [0.25, 0.3) is 11.5 Å². The molecule has 2 aromatic heterocycles. The molecule has 0 radical (unpaired) electrons. The third-order valence-corrected chi connectivity index (χ3v) is 4.35. The number of aromatic nitrogens is 4. The van der Waals surface area contributed by atoms with E-state index in [0.717, 1.165) is 5.56 Å². The predicted octanol–water partition coefficient (Wildman–Crippen LogP) is 2.96. The molecule has 3 rings (SSSR count). The summed E-state index contributed by atoms with van der Waals surface area (Å²) in [6.45, 7) is 3.97. The second-order valence-electron chi connectivity index (χ2n) is 5.31. The molecular formula is C15H15N5O4S. The van der Waals surface area contributed by atoms with Crippen molar-refractivity contribution in [2.24, 2.45) is 0 Å². The highest BCUT2D eigenvalue weighted by molar-refractivity contribution is 7.99. The van der Waals surface area contributed by atoms with Gasteiger partial charge in [0.05, 0.1) is 5.56 Å². The Balaban J connectivity index is 1.67. The zero-order valence-corrected chi connectivity index (χ0v) is 14.4. The fourth-order valence-corrected chi connectivity index (χ4v) is 2.99. The number of thioether (sulfide) groups is 1. The van der Waals surface area contributed by atoms with Crippen LogP contribution in [0, 0.1) is 24.0 Å². The van der Waals surface area contributed by atoms with Crippen LogP contribution in [0.2, 0.25) is 0 Å². The van der Waals surface area contributed by atoms with Gasteiger partial charge in [-0.05, 0) is 29.5 Å². The first-order valence-electron chi connectivity index (χ1n) is 7.38. The van der Waals surface area contributed by atoms with Crippen molar-refractivity contribution in [3.63, 3.8) is 0 Å².